The largest absolute Gasteiger partial charge is 0.378 e. The lowest BCUT2D eigenvalue weighted by Gasteiger charge is -2.22. The summed E-state index contributed by atoms with van der Waals surface area (Å²) in [5, 5.41) is 6.87. The molecule has 0 aromatic rings. The van der Waals surface area contributed by atoms with Crippen LogP contribution in [0.1, 0.15) is 70.6 Å². The molecule has 154 valence electrons. The Morgan fingerprint density at radius 2 is 1.81 bits per heavy atom. The lowest BCUT2D eigenvalue weighted by atomic mass is 9.98. The third kappa shape index (κ3) is 6.37. The van der Waals surface area contributed by atoms with Gasteiger partial charge in [-0.15, -0.1) is 0 Å². The van der Waals surface area contributed by atoms with Gasteiger partial charge in [0.1, 0.15) is 0 Å². The molecule has 6 nitrogen and oxygen atoms in total. The van der Waals surface area contributed by atoms with Crippen LogP contribution in [-0.4, -0.2) is 62.2 Å². The molecule has 0 radical (unpaired) electrons. The zero-order valence-corrected chi connectivity index (χ0v) is 17.0. The second kappa shape index (κ2) is 10.9. The van der Waals surface area contributed by atoms with Gasteiger partial charge in [-0.3, -0.25) is 9.79 Å². The van der Waals surface area contributed by atoms with Gasteiger partial charge in [0, 0.05) is 45.2 Å². The van der Waals surface area contributed by atoms with Gasteiger partial charge in [-0.05, 0) is 38.5 Å². The van der Waals surface area contributed by atoms with Crippen molar-refractivity contribution in [3.8, 4) is 0 Å². The highest BCUT2D eigenvalue weighted by atomic mass is 16.5. The van der Waals surface area contributed by atoms with E-state index in [4.69, 9.17) is 4.74 Å². The second-order valence-electron chi connectivity index (χ2n) is 8.38. The summed E-state index contributed by atoms with van der Waals surface area (Å²) in [6.07, 6.45) is 13.6. The lowest BCUT2D eigenvalue weighted by molar-refractivity contribution is -0.134. The Hall–Kier alpha value is -1.30. The summed E-state index contributed by atoms with van der Waals surface area (Å²) in [4.78, 5) is 19.0. The van der Waals surface area contributed by atoms with Crippen LogP contribution < -0.4 is 10.6 Å². The van der Waals surface area contributed by atoms with Gasteiger partial charge in [-0.2, -0.15) is 0 Å². The summed E-state index contributed by atoms with van der Waals surface area (Å²) in [6, 6.07) is 0.306. The van der Waals surface area contributed by atoms with Crippen LogP contribution in [0.3, 0.4) is 0 Å². The molecule has 2 saturated carbocycles. The van der Waals surface area contributed by atoms with Crippen molar-refractivity contribution in [1.29, 1.82) is 0 Å². The van der Waals surface area contributed by atoms with Crippen molar-refractivity contribution in [1.82, 2.24) is 15.5 Å². The van der Waals surface area contributed by atoms with Gasteiger partial charge in [0.15, 0.2) is 5.96 Å². The summed E-state index contributed by atoms with van der Waals surface area (Å²) >= 11 is 0. The van der Waals surface area contributed by atoms with Gasteiger partial charge >= 0.3 is 0 Å². The lowest BCUT2D eigenvalue weighted by Crippen LogP contribution is -2.45. The monoisotopic (exact) mass is 378 g/mol. The van der Waals surface area contributed by atoms with Crippen LogP contribution in [0.15, 0.2) is 4.99 Å². The van der Waals surface area contributed by atoms with E-state index < -0.39 is 0 Å². The number of ether oxygens (including phenoxy) is 1. The molecule has 0 bridgehead atoms. The number of carbonyl (C=O) groups is 1. The van der Waals surface area contributed by atoms with E-state index in [-0.39, 0.29) is 5.92 Å². The topological polar surface area (TPSA) is 66.0 Å². The van der Waals surface area contributed by atoms with Crippen LogP contribution >= 0.6 is 0 Å². The summed E-state index contributed by atoms with van der Waals surface area (Å²) in [5.74, 6) is 1.50. The number of amides is 1. The Bertz CT molecular complexity index is 485. The Kier molecular flexibility index (Phi) is 8.24. The predicted molar refractivity (Wildman–Crippen MR) is 109 cm³/mol. The standard InChI is InChI=1S/C21H38N4O2/c1-22-21(23-13-7-15-27-19-10-3-2-4-11-19)24-18-12-14-25(16-18)20(26)17-8-5-6-9-17/h17-19H,2-16H2,1H3,(H2,22,23,24). The third-order valence-electron chi connectivity index (χ3n) is 6.29. The van der Waals surface area contributed by atoms with Crippen LogP contribution in [-0.2, 0) is 9.53 Å². The van der Waals surface area contributed by atoms with Crippen molar-refractivity contribution >= 4 is 11.9 Å². The summed E-state index contributed by atoms with van der Waals surface area (Å²) < 4.78 is 5.98. The Labute approximate surface area is 164 Å². The number of aliphatic imine (C=N–C) groups is 1. The van der Waals surface area contributed by atoms with Crippen LogP contribution in [0.5, 0.6) is 0 Å². The Morgan fingerprint density at radius 3 is 2.56 bits per heavy atom. The van der Waals surface area contributed by atoms with Crippen LogP contribution in [0, 0.1) is 5.92 Å². The van der Waals surface area contributed by atoms with Gasteiger partial charge in [0.05, 0.1) is 6.10 Å². The fourth-order valence-corrected chi connectivity index (χ4v) is 4.66. The van der Waals surface area contributed by atoms with Crippen molar-refractivity contribution < 1.29 is 9.53 Å². The van der Waals surface area contributed by atoms with Crippen LogP contribution in [0.4, 0.5) is 0 Å². The quantitative estimate of drug-likeness (QED) is 0.406. The third-order valence-corrected chi connectivity index (χ3v) is 6.29. The molecule has 1 unspecified atom stereocenters. The number of hydrogen-bond acceptors (Lipinski definition) is 3. The Balaban J connectivity index is 1.29. The highest BCUT2D eigenvalue weighted by molar-refractivity contribution is 5.81. The smallest absolute Gasteiger partial charge is 0.225 e. The first kappa shape index (κ1) is 20.4. The van der Waals surface area contributed by atoms with E-state index in [1.807, 2.05) is 7.05 Å². The van der Waals surface area contributed by atoms with Gasteiger partial charge in [-0.25, -0.2) is 0 Å². The molecule has 1 heterocycles. The summed E-state index contributed by atoms with van der Waals surface area (Å²) in [6.45, 7) is 3.37. The molecular formula is C21H38N4O2. The minimum Gasteiger partial charge on any atom is -0.378 e. The molecule has 27 heavy (non-hydrogen) atoms. The minimum absolute atomic E-state index is 0.283. The molecule has 2 N–H and O–H groups in total. The number of nitrogens with one attached hydrogen (secondary N) is 2. The maximum absolute atomic E-state index is 12.6. The molecule has 2 aliphatic carbocycles. The SMILES string of the molecule is CN=C(NCCCOC1CCCCC1)NC1CCN(C(=O)C2CCCC2)C1. The maximum Gasteiger partial charge on any atom is 0.225 e. The molecule has 0 spiro atoms. The highest BCUT2D eigenvalue weighted by Gasteiger charge is 2.32. The first-order valence-electron chi connectivity index (χ1n) is 11.1. The number of carbonyl (C=O) groups excluding carboxylic acids is 1. The van der Waals surface area contributed by atoms with Crippen molar-refractivity contribution in [2.45, 2.75) is 82.8 Å². The Morgan fingerprint density at radius 1 is 1.07 bits per heavy atom. The molecule has 1 aliphatic heterocycles. The number of nitrogens with zero attached hydrogens (tertiary/aromatic N) is 2. The zero-order chi connectivity index (χ0) is 18.9. The van der Waals surface area contributed by atoms with E-state index in [2.05, 4.69) is 20.5 Å². The molecule has 1 atom stereocenters. The number of hydrogen-bond donors (Lipinski definition) is 2. The van der Waals surface area contributed by atoms with E-state index >= 15 is 0 Å². The van der Waals surface area contributed by atoms with E-state index in [0.717, 1.165) is 57.9 Å². The van der Waals surface area contributed by atoms with Gasteiger partial charge in [0.25, 0.3) is 0 Å². The molecule has 6 heteroatoms. The molecule has 1 saturated heterocycles. The number of rotatable bonds is 7. The minimum atomic E-state index is 0.283. The van der Waals surface area contributed by atoms with E-state index in [0.29, 0.717) is 18.1 Å². The normalized spacial score (nSPS) is 25.1. The fourth-order valence-electron chi connectivity index (χ4n) is 4.66. The molecular weight excluding hydrogens is 340 g/mol. The first-order chi connectivity index (χ1) is 13.3. The van der Waals surface area contributed by atoms with Crippen LogP contribution in [0.2, 0.25) is 0 Å². The fraction of sp³-hybridized carbons (Fsp3) is 0.905. The van der Waals surface area contributed by atoms with Gasteiger partial charge in [-0.1, -0.05) is 32.1 Å². The predicted octanol–water partition coefficient (Wildman–Crippen LogP) is 2.68. The molecule has 0 aromatic heterocycles. The zero-order valence-electron chi connectivity index (χ0n) is 17.0. The van der Waals surface area contributed by atoms with Crippen molar-refractivity contribution in [2.75, 3.05) is 33.3 Å². The molecule has 1 amide bonds. The van der Waals surface area contributed by atoms with Crippen molar-refractivity contribution in [3.05, 3.63) is 0 Å². The van der Waals surface area contributed by atoms with Gasteiger partial charge < -0.3 is 20.3 Å². The average molecular weight is 379 g/mol. The average Bonchev–Trinajstić information content (AvgIpc) is 3.39. The summed E-state index contributed by atoms with van der Waals surface area (Å²) in [7, 11) is 1.81. The van der Waals surface area contributed by atoms with E-state index in [1.54, 1.807) is 0 Å². The molecule has 0 aromatic carbocycles. The van der Waals surface area contributed by atoms with E-state index in [1.165, 1.54) is 44.9 Å². The van der Waals surface area contributed by atoms with Crippen LogP contribution in [0.25, 0.3) is 0 Å². The molecule has 3 fully saturated rings. The maximum atomic E-state index is 12.6. The second-order valence-corrected chi connectivity index (χ2v) is 8.38. The number of likely N-dealkylation sites (tertiary alicyclic amines) is 1. The van der Waals surface area contributed by atoms with Crippen molar-refractivity contribution in [3.63, 3.8) is 0 Å². The van der Waals surface area contributed by atoms with Crippen molar-refractivity contribution in [2.24, 2.45) is 10.9 Å². The molecule has 3 rings (SSSR count). The highest BCUT2D eigenvalue weighted by Crippen LogP contribution is 2.27. The number of guanidine groups is 1. The summed E-state index contributed by atoms with van der Waals surface area (Å²) in [5.41, 5.74) is 0. The first-order valence-corrected chi connectivity index (χ1v) is 11.1. The van der Waals surface area contributed by atoms with Gasteiger partial charge in [0.2, 0.25) is 5.91 Å². The van der Waals surface area contributed by atoms with E-state index in [9.17, 15) is 4.79 Å². The molecule has 3 aliphatic rings.